The van der Waals surface area contributed by atoms with Gasteiger partial charge in [-0.15, -0.1) is 5.10 Å². The Morgan fingerprint density at radius 1 is 1.14 bits per heavy atom. The summed E-state index contributed by atoms with van der Waals surface area (Å²) in [5, 5.41) is 12.0. The molecule has 6 nitrogen and oxygen atoms in total. The maximum absolute atomic E-state index is 4.38. The third-order valence-corrected chi connectivity index (χ3v) is 2.97. The number of hydrogen-bond acceptors (Lipinski definition) is 5. The van der Waals surface area contributed by atoms with Crippen LogP contribution >= 0.6 is 0 Å². The molecule has 0 saturated carbocycles. The monoisotopic (exact) mass is 278 g/mol. The van der Waals surface area contributed by atoms with E-state index in [1.165, 1.54) is 0 Å². The summed E-state index contributed by atoms with van der Waals surface area (Å²) in [4.78, 5) is 4.38. The first-order valence-electron chi connectivity index (χ1n) is 6.48. The average Bonchev–Trinajstić information content (AvgIpc) is 2.94. The highest BCUT2D eigenvalue weighted by atomic mass is 15.4. The van der Waals surface area contributed by atoms with E-state index in [2.05, 4.69) is 25.7 Å². The van der Waals surface area contributed by atoms with E-state index in [1.807, 2.05) is 60.3 Å². The van der Waals surface area contributed by atoms with Crippen molar-refractivity contribution in [3.05, 3.63) is 60.6 Å². The Kier molecular flexibility index (Phi) is 3.68. The molecule has 0 unspecified atom stereocenters. The second-order valence-corrected chi connectivity index (χ2v) is 4.45. The minimum atomic E-state index is 0.363. The number of nitrogens with one attached hydrogen (secondary N) is 1. The van der Waals surface area contributed by atoms with Crippen LogP contribution in [0.25, 0.3) is 11.3 Å². The fourth-order valence-corrected chi connectivity index (χ4v) is 1.86. The van der Waals surface area contributed by atoms with Gasteiger partial charge in [-0.25, -0.2) is 10.4 Å². The molecule has 1 N–H and O–H groups in total. The topological polar surface area (TPSA) is 68.0 Å². The molecule has 21 heavy (non-hydrogen) atoms. The molecule has 0 atom stereocenters. The van der Waals surface area contributed by atoms with Gasteiger partial charge < -0.3 is 4.57 Å². The van der Waals surface area contributed by atoms with Crippen LogP contribution in [-0.2, 0) is 7.05 Å². The lowest BCUT2D eigenvalue weighted by Gasteiger charge is -2.02. The summed E-state index contributed by atoms with van der Waals surface area (Å²) in [5.41, 5.74) is 5.51. The number of benzene rings is 1. The normalized spacial score (nSPS) is 10.9. The van der Waals surface area contributed by atoms with Crippen LogP contribution in [0.5, 0.6) is 0 Å². The van der Waals surface area contributed by atoms with Gasteiger partial charge in [-0.2, -0.15) is 10.2 Å². The van der Waals surface area contributed by atoms with E-state index in [4.69, 9.17) is 0 Å². The van der Waals surface area contributed by atoms with Crippen molar-refractivity contribution in [3.63, 3.8) is 0 Å². The first-order valence-corrected chi connectivity index (χ1v) is 6.48. The van der Waals surface area contributed by atoms with Gasteiger partial charge >= 0.3 is 0 Å². The number of aromatic nitrogens is 4. The molecule has 3 aromatic rings. The molecular weight excluding hydrogens is 264 g/mol. The molecule has 0 bridgehead atoms. The van der Waals surface area contributed by atoms with Crippen molar-refractivity contribution >= 4 is 12.2 Å². The molecule has 6 heteroatoms. The van der Waals surface area contributed by atoms with Crippen LogP contribution in [0.4, 0.5) is 5.95 Å². The van der Waals surface area contributed by atoms with E-state index in [1.54, 1.807) is 12.4 Å². The molecule has 0 aliphatic heterocycles. The highest BCUT2D eigenvalue weighted by Crippen LogP contribution is 2.15. The molecule has 3 rings (SSSR count). The van der Waals surface area contributed by atoms with Crippen LogP contribution in [0.3, 0.4) is 0 Å². The van der Waals surface area contributed by atoms with Gasteiger partial charge in [-0.3, -0.25) is 0 Å². The van der Waals surface area contributed by atoms with Gasteiger partial charge in [-0.1, -0.05) is 30.3 Å². The third-order valence-electron chi connectivity index (χ3n) is 2.97. The van der Waals surface area contributed by atoms with E-state index < -0.39 is 0 Å². The lowest BCUT2D eigenvalue weighted by Crippen LogP contribution is -2.01. The Balaban J connectivity index is 1.75. The molecule has 2 aromatic heterocycles. The Hall–Kier alpha value is -3.02. The van der Waals surface area contributed by atoms with E-state index in [0.717, 1.165) is 17.0 Å². The lowest BCUT2D eigenvalue weighted by molar-refractivity contribution is 0.917. The first-order chi connectivity index (χ1) is 10.3. The minimum Gasteiger partial charge on any atom is -0.350 e. The third kappa shape index (κ3) is 3.11. The van der Waals surface area contributed by atoms with Gasteiger partial charge in [0.15, 0.2) is 0 Å². The molecule has 0 amide bonds. The van der Waals surface area contributed by atoms with Crippen molar-refractivity contribution in [2.24, 2.45) is 12.1 Å². The molecule has 2 heterocycles. The van der Waals surface area contributed by atoms with Gasteiger partial charge in [0.1, 0.15) is 0 Å². The molecule has 0 radical (unpaired) electrons. The molecule has 0 fully saturated rings. The molecule has 1 aromatic carbocycles. The standard InChI is InChI=1S/C15H14N6/c1-21-9-5-8-13(21)10-16-19-15-18-14(11-17-20-15)12-6-3-2-4-7-12/h2-11H,1H3,(H,18,19,20)/b16-10-. The number of hydrogen-bond donors (Lipinski definition) is 1. The largest absolute Gasteiger partial charge is 0.350 e. The zero-order chi connectivity index (χ0) is 14.5. The van der Waals surface area contributed by atoms with Crippen LogP contribution in [-0.4, -0.2) is 26.0 Å². The fraction of sp³-hybridized carbons (Fsp3) is 0.0667. The minimum absolute atomic E-state index is 0.363. The summed E-state index contributed by atoms with van der Waals surface area (Å²) < 4.78 is 1.96. The Morgan fingerprint density at radius 2 is 2.00 bits per heavy atom. The van der Waals surface area contributed by atoms with Gasteiger partial charge in [0, 0.05) is 18.8 Å². The van der Waals surface area contributed by atoms with Crippen LogP contribution in [0, 0.1) is 0 Å². The zero-order valence-corrected chi connectivity index (χ0v) is 11.5. The van der Waals surface area contributed by atoms with Crippen LogP contribution in [0.1, 0.15) is 5.69 Å². The van der Waals surface area contributed by atoms with Gasteiger partial charge in [0.05, 0.1) is 23.8 Å². The number of aryl methyl sites for hydroxylation is 1. The first kappa shape index (κ1) is 13.0. The maximum Gasteiger partial charge on any atom is 0.263 e. The lowest BCUT2D eigenvalue weighted by atomic mass is 10.2. The smallest absolute Gasteiger partial charge is 0.263 e. The SMILES string of the molecule is Cn1cccc1/C=N\Nc1nncc(-c2ccccc2)n1. The summed E-state index contributed by atoms with van der Waals surface area (Å²) in [6.07, 6.45) is 5.29. The van der Waals surface area contributed by atoms with E-state index in [0.29, 0.717) is 5.95 Å². The average molecular weight is 278 g/mol. The summed E-state index contributed by atoms with van der Waals surface area (Å²) in [6.45, 7) is 0. The number of anilines is 1. The van der Waals surface area contributed by atoms with E-state index in [9.17, 15) is 0 Å². The second-order valence-electron chi connectivity index (χ2n) is 4.45. The second kappa shape index (κ2) is 5.96. The van der Waals surface area contributed by atoms with Crippen LogP contribution < -0.4 is 5.43 Å². The highest BCUT2D eigenvalue weighted by molar-refractivity contribution is 5.78. The summed E-state index contributed by atoms with van der Waals surface area (Å²) >= 11 is 0. The van der Waals surface area contributed by atoms with Crippen molar-refractivity contribution in [2.75, 3.05) is 5.43 Å². The number of nitrogens with zero attached hydrogens (tertiary/aromatic N) is 5. The maximum atomic E-state index is 4.38. The number of rotatable bonds is 4. The predicted octanol–water partition coefficient (Wildman–Crippen LogP) is 2.32. The summed E-state index contributed by atoms with van der Waals surface area (Å²) in [6, 6.07) is 13.7. The van der Waals surface area contributed by atoms with Crippen molar-refractivity contribution in [3.8, 4) is 11.3 Å². The van der Waals surface area contributed by atoms with Crippen molar-refractivity contribution < 1.29 is 0 Å². The van der Waals surface area contributed by atoms with Crippen LogP contribution in [0.15, 0.2) is 60.0 Å². The predicted molar refractivity (Wildman–Crippen MR) is 81.9 cm³/mol. The quantitative estimate of drug-likeness (QED) is 0.587. The zero-order valence-electron chi connectivity index (χ0n) is 11.5. The summed E-state index contributed by atoms with van der Waals surface area (Å²) in [5.74, 6) is 0.363. The molecular formula is C15H14N6. The molecule has 0 aliphatic carbocycles. The fourth-order valence-electron chi connectivity index (χ4n) is 1.86. The number of hydrazone groups is 1. The van der Waals surface area contributed by atoms with Crippen molar-refractivity contribution in [2.45, 2.75) is 0 Å². The van der Waals surface area contributed by atoms with Crippen molar-refractivity contribution in [1.29, 1.82) is 0 Å². The van der Waals surface area contributed by atoms with Gasteiger partial charge in [0.2, 0.25) is 0 Å². The molecule has 104 valence electrons. The van der Waals surface area contributed by atoms with Gasteiger partial charge in [-0.05, 0) is 12.1 Å². The Bertz CT molecular complexity index is 748. The van der Waals surface area contributed by atoms with Crippen LogP contribution in [0.2, 0.25) is 0 Å². The molecule has 0 saturated heterocycles. The van der Waals surface area contributed by atoms with Crippen molar-refractivity contribution in [1.82, 2.24) is 19.7 Å². The highest BCUT2D eigenvalue weighted by Gasteiger charge is 2.01. The van der Waals surface area contributed by atoms with Gasteiger partial charge in [0.25, 0.3) is 5.95 Å². The summed E-state index contributed by atoms with van der Waals surface area (Å²) in [7, 11) is 1.95. The van der Waals surface area contributed by atoms with E-state index >= 15 is 0 Å². The Morgan fingerprint density at radius 3 is 2.76 bits per heavy atom. The Labute approximate surface area is 122 Å². The molecule has 0 aliphatic rings. The van der Waals surface area contributed by atoms with E-state index in [-0.39, 0.29) is 0 Å². The molecule has 0 spiro atoms.